The lowest BCUT2D eigenvalue weighted by Crippen LogP contribution is -2.53. The van der Waals surface area contributed by atoms with Crippen molar-refractivity contribution < 1.29 is 22.4 Å². The lowest BCUT2D eigenvalue weighted by atomic mass is 10.0. The minimum atomic E-state index is -4.20. The lowest BCUT2D eigenvalue weighted by molar-refractivity contribution is -0.140. The summed E-state index contributed by atoms with van der Waals surface area (Å²) in [4.78, 5) is 29.8. The normalized spacial score (nSPS) is 11.9. The Hall–Kier alpha value is -4.50. The number of carbonyl (C=O) groups is 2. The van der Waals surface area contributed by atoms with Gasteiger partial charge in [0.1, 0.15) is 18.4 Å². The number of anilines is 1. The number of benzene rings is 4. The second-order valence-electron chi connectivity index (χ2n) is 11.7. The highest BCUT2D eigenvalue weighted by Crippen LogP contribution is 2.27. The molecule has 0 heterocycles. The second kappa shape index (κ2) is 15.7. The third-order valence-corrected chi connectivity index (χ3v) is 9.54. The number of carbonyl (C=O) groups excluding carboxylic acids is 2. The van der Waals surface area contributed by atoms with E-state index in [2.05, 4.69) is 5.32 Å². The average molecular weight is 644 g/mol. The molecule has 0 aliphatic rings. The van der Waals surface area contributed by atoms with Crippen molar-refractivity contribution in [3.05, 3.63) is 131 Å². The zero-order valence-corrected chi connectivity index (χ0v) is 27.7. The van der Waals surface area contributed by atoms with Crippen LogP contribution in [0.25, 0.3) is 0 Å². The Labute approximate surface area is 272 Å². The zero-order valence-electron chi connectivity index (χ0n) is 26.9. The average Bonchev–Trinajstić information content (AvgIpc) is 3.02. The van der Waals surface area contributed by atoms with Crippen LogP contribution in [-0.4, -0.2) is 44.3 Å². The van der Waals surface area contributed by atoms with Gasteiger partial charge >= 0.3 is 0 Å². The molecular weight excluding hydrogens is 601 g/mol. The zero-order chi connectivity index (χ0) is 33.3. The van der Waals surface area contributed by atoms with E-state index in [0.29, 0.717) is 17.8 Å². The maximum absolute atomic E-state index is 14.5. The molecule has 4 aromatic carbocycles. The molecule has 46 heavy (non-hydrogen) atoms. The van der Waals surface area contributed by atoms with Crippen molar-refractivity contribution in [1.82, 2.24) is 10.2 Å². The summed E-state index contributed by atoms with van der Waals surface area (Å²) in [5, 5.41) is 2.97. The molecule has 0 spiro atoms. The highest BCUT2D eigenvalue weighted by atomic mass is 32.2. The van der Waals surface area contributed by atoms with Crippen LogP contribution in [-0.2, 0) is 32.6 Å². The van der Waals surface area contributed by atoms with Gasteiger partial charge in [-0.2, -0.15) is 0 Å². The Balaban J connectivity index is 1.81. The molecule has 0 radical (unpaired) electrons. The topological polar surface area (TPSA) is 86.8 Å². The van der Waals surface area contributed by atoms with E-state index in [1.54, 1.807) is 36.4 Å². The van der Waals surface area contributed by atoms with Gasteiger partial charge in [-0.1, -0.05) is 79.6 Å². The highest BCUT2D eigenvalue weighted by Gasteiger charge is 2.34. The summed E-state index contributed by atoms with van der Waals surface area (Å²) < 4.78 is 43.4. The number of rotatable bonds is 14. The number of hydrogen-bond donors (Lipinski definition) is 1. The van der Waals surface area contributed by atoms with Crippen LogP contribution in [0.15, 0.2) is 102 Å². The number of unbranched alkanes of at least 4 members (excludes halogenated alkanes) is 1. The monoisotopic (exact) mass is 643 g/mol. The van der Waals surface area contributed by atoms with E-state index in [0.717, 1.165) is 39.4 Å². The highest BCUT2D eigenvalue weighted by molar-refractivity contribution is 7.92. The Bertz CT molecular complexity index is 1710. The molecule has 0 aliphatic carbocycles. The Kier molecular flexibility index (Phi) is 11.7. The van der Waals surface area contributed by atoms with Gasteiger partial charge in [-0.25, -0.2) is 12.8 Å². The molecule has 0 saturated heterocycles. The van der Waals surface area contributed by atoms with Crippen molar-refractivity contribution >= 4 is 27.5 Å². The van der Waals surface area contributed by atoms with Gasteiger partial charge in [0.15, 0.2) is 0 Å². The van der Waals surface area contributed by atoms with E-state index < -0.39 is 34.3 Å². The van der Waals surface area contributed by atoms with Crippen molar-refractivity contribution in [3.63, 3.8) is 0 Å². The first-order valence-corrected chi connectivity index (χ1v) is 16.9. The summed E-state index contributed by atoms with van der Waals surface area (Å²) in [6, 6.07) is 26.0. The standard InChI is InChI=1S/C37H42FN3O4S/c1-5-6-20-39-37(43)35(24-30-10-8-7-9-11-30)40(25-31-14-16-32(38)17-15-31)36(42)26-41(33-22-28(3)21-29(4)23-33)46(44,45)34-18-12-27(2)13-19-34/h7-19,21-23,35H,5-6,20,24-26H2,1-4H3,(H,39,43)/t35-/m1/s1. The van der Waals surface area contributed by atoms with Crippen LogP contribution in [0, 0.1) is 26.6 Å². The molecule has 0 bridgehead atoms. The third kappa shape index (κ3) is 9.03. The fourth-order valence-corrected chi connectivity index (χ4v) is 6.71. The van der Waals surface area contributed by atoms with E-state index in [9.17, 15) is 22.4 Å². The number of amides is 2. The van der Waals surface area contributed by atoms with Crippen molar-refractivity contribution in [2.75, 3.05) is 17.4 Å². The first-order valence-electron chi connectivity index (χ1n) is 15.5. The third-order valence-electron chi connectivity index (χ3n) is 7.75. The van der Waals surface area contributed by atoms with Crippen molar-refractivity contribution in [1.29, 1.82) is 0 Å². The smallest absolute Gasteiger partial charge is 0.264 e. The Morgan fingerprint density at radius 1 is 0.804 bits per heavy atom. The molecular formula is C37H42FN3O4S. The van der Waals surface area contributed by atoms with Gasteiger partial charge in [0, 0.05) is 19.5 Å². The van der Waals surface area contributed by atoms with Gasteiger partial charge < -0.3 is 10.2 Å². The first-order chi connectivity index (χ1) is 22.0. The predicted octanol–water partition coefficient (Wildman–Crippen LogP) is 6.50. The van der Waals surface area contributed by atoms with Crippen LogP contribution >= 0.6 is 0 Å². The number of aryl methyl sites for hydroxylation is 3. The first kappa shape index (κ1) is 34.4. The van der Waals surface area contributed by atoms with Crippen LogP contribution in [0.1, 0.15) is 47.6 Å². The van der Waals surface area contributed by atoms with E-state index in [1.807, 2.05) is 64.1 Å². The van der Waals surface area contributed by atoms with Crippen molar-refractivity contribution in [2.45, 2.75) is 64.4 Å². The van der Waals surface area contributed by atoms with E-state index in [-0.39, 0.29) is 23.8 Å². The van der Waals surface area contributed by atoms with Crippen LogP contribution in [0.5, 0.6) is 0 Å². The Morgan fingerprint density at radius 3 is 2.04 bits per heavy atom. The van der Waals surface area contributed by atoms with Crippen LogP contribution in [0.2, 0.25) is 0 Å². The molecule has 4 aromatic rings. The van der Waals surface area contributed by atoms with Crippen molar-refractivity contribution in [3.8, 4) is 0 Å². The number of nitrogens with one attached hydrogen (secondary N) is 1. The van der Waals surface area contributed by atoms with Gasteiger partial charge in [-0.3, -0.25) is 13.9 Å². The predicted molar refractivity (Wildman–Crippen MR) is 180 cm³/mol. The fourth-order valence-electron chi connectivity index (χ4n) is 5.31. The maximum Gasteiger partial charge on any atom is 0.264 e. The number of sulfonamides is 1. The van der Waals surface area contributed by atoms with Gasteiger partial charge in [0.05, 0.1) is 10.6 Å². The summed E-state index contributed by atoms with van der Waals surface area (Å²) in [5.41, 5.74) is 4.37. The molecule has 1 N–H and O–H groups in total. The van der Waals surface area contributed by atoms with Gasteiger partial charge in [-0.15, -0.1) is 0 Å². The molecule has 2 amide bonds. The summed E-state index contributed by atoms with van der Waals surface area (Å²) >= 11 is 0. The summed E-state index contributed by atoms with van der Waals surface area (Å²) in [5.74, 6) is -1.33. The van der Waals surface area contributed by atoms with Gasteiger partial charge in [-0.05, 0) is 85.8 Å². The Morgan fingerprint density at radius 2 is 1.43 bits per heavy atom. The minimum absolute atomic E-state index is 0.0247. The molecule has 4 rings (SSSR count). The fraction of sp³-hybridized carbons (Fsp3) is 0.297. The van der Waals surface area contributed by atoms with E-state index in [1.165, 1.54) is 29.2 Å². The molecule has 9 heteroatoms. The molecule has 7 nitrogen and oxygen atoms in total. The molecule has 0 unspecified atom stereocenters. The molecule has 242 valence electrons. The summed E-state index contributed by atoms with van der Waals surface area (Å²) in [6.45, 7) is 7.49. The molecule has 1 atom stereocenters. The van der Waals surface area contributed by atoms with E-state index in [4.69, 9.17) is 0 Å². The quantitative estimate of drug-likeness (QED) is 0.159. The lowest BCUT2D eigenvalue weighted by Gasteiger charge is -2.34. The largest absolute Gasteiger partial charge is 0.354 e. The van der Waals surface area contributed by atoms with E-state index >= 15 is 0 Å². The second-order valence-corrected chi connectivity index (χ2v) is 13.5. The maximum atomic E-state index is 14.5. The van der Waals surface area contributed by atoms with Crippen molar-refractivity contribution in [2.24, 2.45) is 0 Å². The van der Waals surface area contributed by atoms with Crippen LogP contribution < -0.4 is 9.62 Å². The van der Waals surface area contributed by atoms with Gasteiger partial charge in [0.25, 0.3) is 10.0 Å². The number of nitrogens with zero attached hydrogens (tertiary/aromatic N) is 2. The summed E-state index contributed by atoms with van der Waals surface area (Å²) in [6.07, 6.45) is 1.86. The summed E-state index contributed by atoms with van der Waals surface area (Å²) in [7, 11) is -4.20. The van der Waals surface area contributed by atoms with Crippen LogP contribution in [0.4, 0.5) is 10.1 Å². The minimum Gasteiger partial charge on any atom is -0.354 e. The van der Waals surface area contributed by atoms with Gasteiger partial charge in [0.2, 0.25) is 11.8 Å². The number of hydrogen-bond acceptors (Lipinski definition) is 4. The molecule has 0 saturated carbocycles. The molecule has 0 fully saturated rings. The molecule has 0 aliphatic heterocycles. The SMILES string of the molecule is CCCCNC(=O)[C@@H](Cc1ccccc1)N(Cc1ccc(F)cc1)C(=O)CN(c1cc(C)cc(C)c1)S(=O)(=O)c1ccc(C)cc1. The number of halogens is 1. The van der Waals surface area contributed by atoms with Crippen LogP contribution in [0.3, 0.4) is 0 Å². The molecule has 0 aromatic heterocycles.